The highest BCUT2D eigenvalue weighted by molar-refractivity contribution is 5.92. The number of nitro benzene ring substituents is 1. The average molecular weight is 238 g/mol. The summed E-state index contributed by atoms with van der Waals surface area (Å²) in [4.78, 5) is 21.6. The van der Waals surface area contributed by atoms with Gasteiger partial charge in [0.2, 0.25) is 5.91 Å². The van der Waals surface area contributed by atoms with Crippen molar-refractivity contribution in [1.82, 2.24) is 0 Å². The number of carbonyl (C=O) groups excluding carboxylic acids is 1. The Balaban J connectivity index is 2.98. The first kappa shape index (κ1) is 13.0. The third kappa shape index (κ3) is 3.17. The molecule has 6 heteroatoms. The van der Waals surface area contributed by atoms with E-state index in [0.717, 1.165) is 0 Å². The van der Waals surface area contributed by atoms with E-state index < -0.39 is 4.92 Å². The van der Waals surface area contributed by atoms with Crippen molar-refractivity contribution in [2.24, 2.45) is 5.92 Å². The van der Waals surface area contributed by atoms with Crippen molar-refractivity contribution in [3.05, 3.63) is 28.3 Å². The molecule has 0 bridgehead atoms. The lowest BCUT2D eigenvalue weighted by Crippen LogP contribution is -2.17. The molecule has 6 nitrogen and oxygen atoms in total. The molecule has 0 saturated heterocycles. The van der Waals surface area contributed by atoms with Crippen LogP contribution in [0.4, 0.5) is 11.4 Å². The molecule has 0 fully saturated rings. The number of carbonyl (C=O) groups is 1. The molecule has 0 aromatic heterocycles. The fraction of sp³-hybridized carbons (Fsp3) is 0.364. The third-order valence-corrected chi connectivity index (χ3v) is 2.17. The number of nitro groups is 1. The number of benzene rings is 1. The zero-order chi connectivity index (χ0) is 13.0. The second-order valence-electron chi connectivity index (χ2n) is 3.79. The molecule has 0 radical (unpaired) electrons. The summed E-state index contributed by atoms with van der Waals surface area (Å²) in [5, 5.41) is 13.3. The van der Waals surface area contributed by atoms with Crippen LogP contribution in [-0.4, -0.2) is 17.9 Å². The van der Waals surface area contributed by atoms with Gasteiger partial charge in [0.05, 0.1) is 12.0 Å². The zero-order valence-electron chi connectivity index (χ0n) is 9.89. The molecule has 1 amide bonds. The number of hydrogen-bond donors (Lipinski definition) is 1. The second kappa shape index (κ2) is 5.29. The van der Waals surface area contributed by atoms with Crippen molar-refractivity contribution >= 4 is 17.3 Å². The Bertz CT molecular complexity index is 443. The predicted molar refractivity (Wildman–Crippen MR) is 63.1 cm³/mol. The second-order valence-corrected chi connectivity index (χ2v) is 3.79. The van der Waals surface area contributed by atoms with E-state index in [1.54, 1.807) is 13.8 Å². The molecule has 0 aliphatic heterocycles. The van der Waals surface area contributed by atoms with Gasteiger partial charge in [0.15, 0.2) is 5.75 Å². The third-order valence-electron chi connectivity index (χ3n) is 2.17. The Labute approximate surface area is 98.7 Å². The van der Waals surface area contributed by atoms with Crippen LogP contribution in [0.25, 0.3) is 0 Å². The minimum atomic E-state index is -0.535. The summed E-state index contributed by atoms with van der Waals surface area (Å²) in [7, 11) is 1.34. The predicted octanol–water partition coefficient (Wildman–Crippen LogP) is 2.20. The molecular weight excluding hydrogens is 224 g/mol. The Morgan fingerprint density at radius 2 is 2.12 bits per heavy atom. The number of anilines is 1. The SMILES string of the molecule is COc1cc(NC(=O)C(C)C)ccc1[N+](=O)[O-]. The van der Waals surface area contributed by atoms with E-state index in [4.69, 9.17) is 4.74 Å². The molecule has 0 unspecified atom stereocenters. The maximum Gasteiger partial charge on any atom is 0.311 e. The molecule has 0 spiro atoms. The van der Waals surface area contributed by atoms with Gasteiger partial charge in [-0.1, -0.05) is 13.8 Å². The number of methoxy groups -OCH3 is 1. The van der Waals surface area contributed by atoms with E-state index >= 15 is 0 Å². The van der Waals surface area contributed by atoms with Crippen molar-refractivity contribution in [1.29, 1.82) is 0 Å². The van der Waals surface area contributed by atoms with E-state index in [1.807, 2.05) is 0 Å². The monoisotopic (exact) mass is 238 g/mol. The van der Waals surface area contributed by atoms with Gasteiger partial charge in [0, 0.05) is 23.7 Å². The lowest BCUT2D eigenvalue weighted by molar-refractivity contribution is -0.385. The van der Waals surface area contributed by atoms with E-state index in [-0.39, 0.29) is 23.3 Å². The lowest BCUT2D eigenvalue weighted by Gasteiger charge is -2.09. The van der Waals surface area contributed by atoms with Crippen LogP contribution in [0, 0.1) is 16.0 Å². The molecular formula is C11H14N2O4. The van der Waals surface area contributed by atoms with Gasteiger partial charge in [0.1, 0.15) is 0 Å². The maximum atomic E-state index is 11.4. The van der Waals surface area contributed by atoms with Crippen molar-refractivity contribution in [3.8, 4) is 5.75 Å². The summed E-state index contributed by atoms with van der Waals surface area (Å²) in [6.45, 7) is 3.52. The number of ether oxygens (including phenoxy) is 1. The topological polar surface area (TPSA) is 81.5 Å². The van der Waals surface area contributed by atoms with Gasteiger partial charge < -0.3 is 10.1 Å². The van der Waals surface area contributed by atoms with E-state index in [0.29, 0.717) is 5.69 Å². The Morgan fingerprint density at radius 3 is 2.59 bits per heavy atom. The van der Waals surface area contributed by atoms with Gasteiger partial charge in [-0.3, -0.25) is 14.9 Å². The summed E-state index contributed by atoms with van der Waals surface area (Å²) in [6, 6.07) is 4.20. The van der Waals surface area contributed by atoms with Gasteiger partial charge in [0.25, 0.3) is 0 Å². The number of rotatable bonds is 4. The standard InChI is InChI=1S/C11H14N2O4/c1-7(2)11(14)12-8-4-5-9(13(15)16)10(6-8)17-3/h4-7H,1-3H3,(H,12,14). The number of nitrogens with one attached hydrogen (secondary N) is 1. The molecule has 92 valence electrons. The molecule has 0 atom stereocenters. The van der Waals surface area contributed by atoms with Crippen LogP contribution in [0.2, 0.25) is 0 Å². The van der Waals surface area contributed by atoms with Gasteiger partial charge in [-0.15, -0.1) is 0 Å². The molecule has 1 aromatic carbocycles. The largest absolute Gasteiger partial charge is 0.490 e. The van der Waals surface area contributed by atoms with Crippen LogP contribution in [0.15, 0.2) is 18.2 Å². The van der Waals surface area contributed by atoms with E-state index in [9.17, 15) is 14.9 Å². The van der Waals surface area contributed by atoms with Crippen LogP contribution >= 0.6 is 0 Å². The summed E-state index contributed by atoms with van der Waals surface area (Å²) < 4.78 is 4.90. The molecule has 0 heterocycles. The fourth-order valence-electron chi connectivity index (χ4n) is 1.19. The van der Waals surface area contributed by atoms with E-state index in [2.05, 4.69) is 5.32 Å². The molecule has 17 heavy (non-hydrogen) atoms. The normalized spacial score (nSPS) is 10.1. The lowest BCUT2D eigenvalue weighted by atomic mass is 10.2. The number of amides is 1. The average Bonchev–Trinajstić information content (AvgIpc) is 2.28. The van der Waals surface area contributed by atoms with Gasteiger partial charge in [-0.25, -0.2) is 0 Å². The zero-order valence-corrected chi connectivity index (χ0v) is 9.89. The fourth-order valence-corrected chi connectivity index (χ4v) is 1.19. The smallest absolute Gasteiger partial charge is 0.311 e. The first-order valence-electron chi connectivity index (χ1n) is 5.09. The summed E-state index contributed by atoms with van der Waals surface area (Å²) in [5.74, 6) is -0.186. The van der Waals surface area contributed by atoms with Crippen LogP contribution in [0.5, 0.6) is 5.75 Å². The summed E-state index contributed by atoms with van der Waals surface area (Å²) >= 11 is 0. The highest BCUT2D eigenvalue weighted by atomic mass is 16.6. The van der Waals surface area contributed by atoms with Gasteiger partial charge in [-0.05, 0) is 6.07 Å². The molecule has 0 saturated carbocycles. The van der Waals surface area contributed by atoms with Crippen LogP contribution in [0.3, 0.4) is 0 Å². The summed E-state index contributed by atoms with van der Waals surface area (Å²) in [5.41, 5.74) is 0.348. The van der Waals surface area contributed by atoms with Crippen LogP contribution in [0.1, 0.15) is 13.8 Å². The molecule has 0 aliphatic carbocycles. The summed E-state index contributed by atoms with van der Waals surface area (Å²) in [6.07, 6.45) is 0. The quantitative estimate of drug-likeness (QED) is 0.644. The maximum absolute atomic E-state index is 11.4. The van der Waals surface area contributed by atoms with Crippen molar-refractivity contribution < 1.29 is 14.5 Å². The molecule has 1 N–H and O–H groups in total. The Morgan fingerprint density at radius 1 is 1.47 bits per heavy atom. The van der Waals surface area contributed by atoms with Crippen molar-refractivity contribution in [2.45, 2.75) is 13.8 Å². The van der Waals surface area contributed by atoms with Crippen LogP contribution < -0.4 is 10.1 Å². The number of hydrogen-bond acceptors (Lipinski definition) is 4. The first-order valence-corrected chi connectivity index (χ1v) is 5.09. The van der Waals surface area contributed by atoms with Crippen molar-refractivity contribution in [2.75, 3.05) is 12.4 Å². The van der Waals surface area contributed by atoms with Gasteiger partial charge >= 0.3 is 5.69 Å². The number of nitrogens with zero attached hydrogens (tertiary/aromatic N) is 1. The Kier molecular flexibility index (Phi) is 4.03. The Hall–Kier alpha value is -2.11. The minimum absolute atomic E-state index is 0.122. The molecule has 0 aliphatic rings. The van der Waals surface area contributed by atoms with Crippen LogP contribution in [-0.2, 0) is 4.79 Å². The van der Waals surface area contributed by atoms with E-state index in [1.165, 1.54) is 25.3 Å². The van der Waals surface area contributed by atoms with Crippen molar-refractivity contribution in [3.63, 3.8) is 0 Å². The molecule has 1 rings (SSSR count). The van der Waals surface area contributed by atoms with Gasteiger partial charge in [-0.2, -0.15) is 0 Å². The highest BCUT2D eigenvalue weighted by Crippen LogP contribution is 2.29. The molecule has 1 aromatic rings. The highest BCUT2D eigenvalue weighted by Gasteiger charge is 2.16. The minimum Gasteiger partial charge on any atom is -0.490 e. The first-order chi connectivity index (χ1) is 7.95.